The van der Waals surface area contributed by atoms with E-state index < -0.39 is 0 Å². The molecular weight excluding hydrogens is 775 g/mol. The fourth-order valence-electron chi connectivity index (χ4n) is 11.0. The van der Waals surface area contributed by atoms with E-state index in [0.29, 0.717) is 5.82 Å². The first-order valence-electron chi connectivity index (χ1n) is 22.6. The second-order valence-electron chi connectivity index (χ2n) is 19.5. The quantitative estimate of drug-likeness (QED) is 0.167. The summed E-state index contributed by atoms with van der Waals surface area (Å²) in [7, 11) is 0. The van der Waals surface area contributed by atoms with Crippen LogP contribution in [0.2, 0.25) is 0 Å². The van der Waals surface area contributed by atoms with Crippen LogP contribution in [0.1, 0.15) is 52.7 Å². The van der Waals surface area contributed by atoms with Crippen LogP contribution >= 0.6 is 0 Å². The van der Waals surface area contributed by atoms with Crippen molar-refractivity contribution >= 4 is 38.1 Å². The third kappa shape index (κ3) is 5.53. The van der Waals surface area contributed by atoms with Crippen molar-refractivity contribution in [3.8, 4) is 67.3 Å². The molecule has 3 aromatic heterocycles. The zero-order chi connectivity index (χ0) is 43.5. The van der Waals surface area contributed by atoms with Crippen molar-refractivity contribution in [3.63, 3.8) is 0 Å². The molecule has 1 aliphatic carbocycles. The van der Waals surface area contributed by atoms with E-state index in [1.54, 1.807) is 0 Å². The Bertz CT molecular complexity index is 3470. The highest BCUT2D eigenvalue weighted by atomic mass is 14.9. The molecule has 8 aromatic carbocycles. The molecule has 0 unspecified atom stereocenters. The van der Waals surface area contributed by atoms with Gasteiger partial charge in [0, 0.05) is 38.2 Å². The maximum atomic E-state index is 5.36. The first-order chi connectivity index (χ1) is 31.0. The lowest BCUT2D eigenvalue weighted by Crippen LogP contribution is -2.42. The molecule has 0 aliphatic heterocycles. The molecule has 0 spiro atoms. The summed E-state index contributed by atoms with van der Waals surface area (Å²) in [6, 6.07) is 68.7. The van der Waals surface area contributed by atoms with Crippen molar-refractivity contribution < 1.29 is 0 Å². The summed E-state index contributed by atoms with van der Waals surface area (Å²) in [4.78, 5) is 10.7. The number of nitrogens with zero attached hydrogens (tertiary/aromatic N) is 3. The van der Waals surface area contributed by atoms with Gasteiger partial charge in [-0.15, -0.1) is 0 Å². The van der Waals surface area contributed by atoms with Gasteiger partial charge in [-0.25, -0.2) is 9.97 Å². The lowest BCUT2D eigenvalue weighted by Gasteiger charge is -2.44. The molecule has 0 saturated carbocycles. The fourth-order valence-corrected chi connectivity index (χ4v) is 11.0. The number of fused-ring (bicyclic) bond motifs is 7. The molecular formula is C61H49N3. The highest BCUT2D eigenvalue weighted by Gasteiger charge is 2.57. The molecule has 0 atom stereocenters. The van der Waals surface area contributed by atoms with Gasteiger partial charge in [0.1, 0.15) is 0 Å². The van der Waals surface area contributed by atoms with Crippen LogP contribution in [0.3, 0.4) is 0 Å². The maximum absolute atomic E-state index is 5.36. The molecule has 64 heavy (non-hydrogen) atoms. The largest absolute Gasteiger partial charge is 0.308 e. The van der Waals surface area contributed by atoms with Gasteiger partial charge in [-0.3, -0.25) is 0 Å². The van der Waals surface area contributed by atoms with Gasteiger partial charge in [0.05, 0.1) is 27.9 Å². The van der Waals surface area contributed by atoms with Crippen molar-refractivity contribution in [2.75, 3.05) is 0 Å². The smallest absolute Gasteiger partial charge is 0.160 e. The van der Waals surface area contributed by atoms with E-state index >= 15 is 0 Å². The fraction of sp³-hybridized carbons (Fsp3) is 0.148. The number of hydrogen-bond donors (Lipinski definition) is 0. The number of hydrogen-bond acceptors (Lipinski definition) is 2. The first-order valence-corrected chi connectivity index (χ1v) is 22.6. The Morgan fingerprint density at radius 1 is 0.344 bits per heavy atom. The van der Waals surface area contributed by atoms with Gasteiger partial charge < -0.3 is 4.40 Å². The molecule has 3 nitrogen and oxygen atoms in total. The van der Waals surface area contributed by atoms with Crippen molar-refractivity contribution in [1.82, 2.24) is 14.4 Å². The highest BCUT2D eigenvalue weighted by Crippen LogP contribution is 2.63. The van der Waals surface area contributed by atoms with Crippen molar-refractivity contribution in [2.24, 2.45) is 5.41 Å². The van der Waals surface area contributed by atoms with Crippen molar-refractivity contribution in [1.29, 1.82) is 0 Å². The summed E-state index contributed by atoms with van der Waals surface area (Å²) < 4.78 is 2.47. The second kappa shape index (κ2) is 13.8. The monoisotopic (exact) mass is 823 g/mol. The molecule has 0 amide bonds. The minimum absolute atomic E-state index is 0.0147. The topological polar surface area (TPSA) is 30.2 Å². The predicted molar refractivity (Wildman–Crippen MR) is 269 cm³/mol. The van der Waals surface area contributed by atoms with Gasteiger partial charge in [0.25, 0.3) is 0 Å². The number of rotatable bonds is 6. The van der Waals surface area contributed by atoms with Crippen LogP contribution in [0.25, 0.3) is 105 Å². The Morgan fingerprint density at radius 2 is 0.750 bits per heavy atom. The van der Waals surface area contributed by atoms with Crippen LogP contribution in [0.4, 0.5) is 0 Å². The van der Waals surface area contributed by atoms with Crippen LogP contribution in [0, 0.1) is 5.41 Å². The Morgan fingerprint density at radius 3 is 1.25 bits per heavy atom. The van der Waals surface area contributed by atoms with Crippen LogP contribution in [0.5, 0.6) is 0 Å². The van der Waals surface area contributed by atoms with Crippen LogP contribution < -0.4 is 0 Å². The summed E-state index contributed by atoms with van der Waals surface area (Å²) in [5, 5.41) is 5.12. The normalized spacial score (nSPS) is 15.1. The van der Waals surface area contributed by atoms with Gasteiger partial charge >= 0.3 is 0 Å². The van der Waals surface area contributed by atoms with Gasteiger partial charge in [0.2, 0.25) is 0 Å². The second-order valence-corrected chi connectivity index (χ2v) is 19.5. The highest BCUT2D eigenvalue weighted by molar-refractivity contribution is 6.24. The molecule has 3 heterocycles. The Kier molecular flexibility index (Phi) is 8.28. The summed E-state index contributed by atoms with van der Waals surface area (Å²) in [6.07, 6.45) is 0. The van der Waals surface area contributed by atoms with E-state index in [1.807, 2.05) is 0 Å². The molecule has 3 heteroatoms. The number of para-hydroxylation sites is 2. The predicted octanol–water partition coefficient (Wildman–Crippen LogP) is 16.2. The molecule has 12 rings (SSSR count). The summed E-state index contributed by atoms with van der Waals surface area (Å²) >= 11 is 0. The van der Waals surface area contributed by atoms with Crippen LogP contribution in [0.15, 0.2) is 188 Å². The average molecular weight is 824 g/mol. The summed E-state index contributed by atoms with van der Waals surface area (Å²) in [6.45, 7) is 14.7. The molecule has 0 saturated heterocycles. The average Bonchev–Trinajstić information content (AvgIpc) is 3.89. The molecule has 308 valence electrons. The van der Waals surface area contributed by atoms with Gasteiger partial charge in [-0.05, 0) is 121 Å². The van der Waals surface area contributed by atoms with Gasteiger partial charge in [-0.2, -0.15) is 0 Å². The third-order valence-corrected chi connectivity index (χ3v) is 15.6. The van der Waals surface area contributed by atoms with Gasteiger partial charge in [0.15, 0.2) is 5.82 Å². The Balaban J connectivity index is 1.18. The minimum Gasteiger partial charge on any atom is -0.308 e. The SMILES string of the molecule is CC1(C)c2cc(-c3cc(-c4ccccc4)cc(-c4nc(-c5ccccc5)cc(-c5ccccc5)n4)c3)c(-c3cc4c5ccccc5n5c6ccccc6c(c3)c45)cc2C(C)(C)C1(C)C. The van der Waals surface area contributed by atoms with Crippen molar-refractivity contribution in [3.05, 3.63) is 199 Å². The van der Waals surface area contributed by atoms with Crippen LogP contribution in [-0.4, -0.2) is 14.4 Å². The van der Waals surface area contributed by atoms with Crippen molar-refractivity contribution in [2.45, 2.75) is 52.4 Å². The molecule has 11 aromatic rings. The zero-order valence-corrected chi connectivity index (χ0v) is 37.2. The Labute approximate surface area is 375 Å². The maximum Gasteiger partial charge on any atom is 0.160 e. The van der Waals surface area contributed by atoms with E-state index in [9.17, 15) is 0 Å². The molecule has 0 radical (unpaired) electrons. The summed E-state index contributed by atoms with van der Waals surface area (Å²) in [5.74, 6) is 0.698. The molecule has 1 aliphatic rings. The van der Waals surface area contributed by atoms with E-state index in [1.165, 1.54) is 65.9 Å². The standard InChI is InChI=1S/C61H49N3/c1-59(2)51-35-47(42-30-41(38-20-10-7-11-21-38)31-44(32-42)58-62-53(39-22-12-8-13-23-39)37-54(63-58)40-24-14-9-15-25-40)48(36-52(51)60(3,4)61(59,5)6)43-33-49-45-26-16-18-28-55(45)64-56-29-19-17-27-46(56)50(34-43)57(49)64/h7-37H,1-6H3. The summed E-state index contributed by atoms with van der Waals surface area (Å²) in [5.41, 5.74) is 18.4. The number of aromatic nitrogens is 3. The van der Waals surface area contributed by atoms with E-state index in [4.69, 9.17) is 9.97 Å². The lowest BCUT2D eigenvalue weighted by atomic mass is 9.59. The molecule has 0 N–H and O–H groups in total. The number of benzene rings is 8. The van der Waals surface area contributed by atoms with E-state index in [0.717, 1.165) is 44.8 Å². The lowest BCUT2D eigenvalue weighted by molar-refractivity contribution is 0.125. The van der Waals surface area contributed by atoms with E-state index in [2.05, 4.69) is 234 Å². The zero-order valence-electron chi connectivity index (χ0n) is 37.2. The first kappa shape index (κ1) is 38.3. The van der Waals surface area contributed by atoms with Gasteiger partial charge in [-0.1, -0.05) is 169 Å². The Hall–Kier alpha value is -7.36. The van der Waals surface area contributed by atoms with E-state index in [-0.39, 0.29) is 16.2 Å². The molecule has 0 fully saturated rings. The minimum atomic E-state index is -0.0961. The third-order valence-electron chi connectivity index (χ3n) is 15.6. The van der Waals surface area contributed by atoms with Crippen LogP contribution in [-0.2, 0) is 10.8 Å². The molecule has 0 bridgehead atoms.